The molecule has 1 heterocycles. The molecule has 0 spiro atoms. The number of aryl methyl sites for hydroxylation is 1. The van der Waals surface area contributed by atoms with Crippen molar-refractivity contribution in [3.05, 3.63) is 45.2 Å². The normalized spacial score (nSPS) is 11.4. The van der Waals surface area contributed by atoms with Crippen molar-refractivity contribution in [3.63, 3.8) is 0 Å². The average molecular weight is 367 g/mol. The molecule has 0 atom stereocenters. The number of nitrogens with one attached hydrogen (secondary N) is 1. The van der Waals surface area contributed by atoms with Crippen LogP contribution in [0.4, 0.5) is 11.4 Å². The standard InChI is InChI=1S/C12H10Cl3N3O2S/c1-6-2-3-17-12(15)10(6)18-21(19,20)11-8(14)4-7(13)5-9(11)16/h2-5,18H,16H2,1H3. The van der Waals surface area contributed by atoms with Crippen LogP contribution in [0, 0.1) is 6.92 Å². The summed E-state index contributed by atoms with van der Waals surface area (Å²) in [4.78, 5) is 3.57. The minimum absolute atomic E-state index is 0.0298. The molecule has 0 saturated heterocycles. The van der Waals surface area contributed by atoms with Gasteiger partial charge in [-0.1, -0.05) is 34.8 Å². The summed E-state index contributed by atoms with van der Waals surface area (Å²) in [5.41, 5.74) is 6.43. The van der Waals surface area contributed by atoms with E-state index in [9.17, 15) is 8.42 Å². The van der Waals surface area contributed by atoms with Crippen LogP contribution in [-0.2, 0) is 10.0 Å². The highest BCUT2D eigenvalue weighted by atomic mass is 35.5. The fourth-order valence-corrected chi connectivity index (χ4v) is 4.13. The van der Waals surface area contributed by atoms with E-state index in [-0.39, 0.29) is 31.5 Å². The number of sulfonamides is 1. The van der Waals surface area contributed by atoms with Crippen LogP contribution in [0.5, 0.6) is 0 Å². The fourth-order valence-electron chi connectivity index (χ4n) is 1.70. The van der Waals surface area contributed by atoms with Gasteiger partial charge in [-0.15, -0.1) is 0 Å². The highest BCUT2D eigenvalue weighted by Gasteiger charge is 2.24. The molecule has 0 unspecified atom stereocenters. The van der Waals surface area contributed by atoms with Crippen LogP contribution in [0.2, 0.25) is 15.2 Å². The number of hydrogen-bond acceptors (Lipinski definition) is 4. The molecule has 1 aromatic heterocycles. The van der Waals surface area contributed by atoms with Crippen molar-refractivity contribution >= 4 is 56.2 Å². The van der Waals surface area contributed by atoms with Crippen LogP contribution in [0.1, 0.15) is 5.56 Å². The van der Waals surface area contributed by atoms with E-state index in [2.05, 4.69) is 9.71 Å². The molecule has 9 heteroatoms. The first kappa shape index (κ1) is 16.2. The van der Waals surface area contributed by atoms with E-state index >= 15 is 0 Å². The maximum atomic E-state index is 12.5. The zero-order valence-corrected chi connectivity index (χ0v) is 13.8. The maximum absolute atomic E-state index is 12.5. The molecule has 3 N–H and O–H groups in total. The van der Waals surface area contributed by atoms with Gasteiger partial charge in [0.15, 0.2) is 5.15 Å². The molecule has 0 saturated carbocycles. The van der Waals surface area contributed by atoms with Crippen molar-refractivity contribution in [1.82, 2.24) is 4.98 Å². The lowest BCUT2D eigenvalue weighted by atomic mass is 10.3. The van der Waals surface area contributed by atoms with Gasteiger partial charge < -0.3 is 5.73 Å². The Balaban J connectivity index is 2.54. The molecule has 0 radical (unpaired) electrons. The monoisotopic (exact) mass is 365 g/mol. The SMILES string of the molecule is Cc1ccnc(Cl)c1NS(=O)(=O)c1c(N)cc(Cl)cc1Cl. The largest absolute Gasteiger partial charge is 0.398 e. The number of rotatable bonds is 3. The van der Waals surface area contributed by atoms with E-state index < -0.39 is 10.0 Å². The molecular formula is C12H10Cl3N3O2S. The molecule has 112 valence electrons. The number of aromatic nitrogens is 1. The lowest BCUT2D eigenvalue weighted by Gasteiger charge is -2.14. The number of hydrogen-bond donors (Lipinski definition) is 2. The van der Waals surface area contributed by atoms with E-state index in [1.165, 1.54) is 18.3 Å². The van der Waals surface area contributed by atoms with Crippen molar-refractivity contribution in [3.8, 4) is 0 Å². The summed E-state index contributed by atoms with van der Waals surface area (Å²) in [6.07, 6.45) is 1.47. The first-order valence-corrected chi connectivity index (χ1v) is 8.22. The Bertz CT molecular complexity index is 766. The molecule has 21 heavy (non-hydrogen) atoms. The van der Waals surface area contributed by atoms with E-state index in [1.807, 2.05) is 0 Å². The average Bonchev–Trinajstić information content (AvgIpc) is 2.32. The zero-order chi connectivity index (χ0) is 15.8. The zero-order valence-electron chi connectivity index (χ0n) is 10.7. The van der Waals surface area contributed by atoms with Crippen LogP contribution in [0.15, 0.2) is 29.3 Å². The van der Waals surface area contributed by atoms with Gasteiger partial charge in [0.25, 0.3) is 10.0 Å². The van der Waals surface area contributed by atoms with E-state index in [4.69, 9.17) is 40.5 Å². The highest BCUT2D eigenvalue weighted by Crippen LogP contribution is 2.34. The first-order valence-electron chi connectivity index (χ1n) is 5.61. The lowest BCUT2D eigenvalue weighted by molar-refractivity contribution is 0.601. The number of pyridine rings is 1. The number of halogens is 3. The van der Waals surface area contributed by atoms with Crippen molar-refractivity contribution in [2.45, 2.75) is 11.8 Å². The van der Waals surface area contributed by atoms with Gasteiger partial charge in [0.2, 0.25) is 0 Å². The quantitative estimate of drug-likeness (QED) is 0.640. The third kappa shape index (κ3) is 3.35. The molecule has 2 aromatic rings. The van der Waals surface area contributed by atoms with Gasteiger partial charge in [0.1, 0.15) is 4.90 Å². The third-order valence-electron chi connectivity index (χ3n) is 2.66. The van der Waals surface area contributed by atoms with Gasteiger partial charge in [-0.05, 0) is 30.7 Å². The number of nitrogens with two attached hydrogens (primary N) is 1. The van der Waals surface area contributed by atoms with Crippen LogP contribution in [-0.4, -0.2) is 13.4 Å². The molecule has 0 aliphatic carbocycles. The minimum atomic E-state index is -4.03. The molecule has 5 nitrogen and oxygen atoms in total. The van der Waals surface area contributed by atoms with Crippen molar-refractivity contribution < 1.29 is 8.42 Å². The van der Waals surface area contributed by atoms with Crippen molar-refractivity contribution in [2.75, 3.05) is 10.5 Å². The smallest absolute Gasteiger partial charge is 0.265 e. The summed E-state index contributed by atoms with van der Waals surface area (Å²) in [5, 5.41) is 0.194. The Morgan fingerprint density at radius 3 is 2.48 bits per heavy atom. The van der Waals surface area contributed by atoms with Crippen LogP contribution >= 0.6 is 34.8 Å². The van der Waals surface area contributed by atoms with E-state index in [0.29, 0.717) is 5.56 Å². The summed E-state index contributed by atoms with van der Waals surface area (Å²) in [6, 6.07) is 4.22. The predicted molar refractivity (Wildman–Crippen MR) is 85.7 cm³/mol. The summed E-state index contributed by atoms with van der Waals surface area (Å²) in [5.74, 6) is 0. The van der Waals surface area contributed by atoms with Gasteiger partial charge in [-0.25, -0.2) is 13.4 Å². The predicted octanol–water partition coefficient (Wildman–Crippen LogP) is 3.73. The fraction of sp³-hybridized carbons (Fsp3) is 0.0833. The highest BCUT2D eigenvalue weighted by molar-refractivity contribution is 7.93. The second-order valence-corrected chi connectivity index (χ2v) is 7.03. The molecule has 0 fully saturated rings. The summed E-state index contributed by atoms with van der Waals surface area (Å²) < 4.78 is 27.3. The summed E-state index contributed by atoms with van der Waals surface area (Å²) in [6.45, 7) is 1.69. The second kappa shape index (κ2) is 5.88. The van der Waals surface area contributed by atoms with Gasteiger partial charge in [0, 0.05) is 11.2 Å². The van der Waals surface area contributed by atoms with Crippen molar-refractivity contribution in [2.24, 2.45) is 0 Å². The lowest BCUT2D eigenvalue weighted by Crippen LogP contribution is -2.16. The van der Waals surface area contributed by atoms with Crippen molar-refractivity contribution in [1.29, 1.82) is 0 Å². The minimum Gasteiger partial charge on any atom is -0.398 e. The Morgan fingerprint density at radius 1 is 1.24 bits per heavy atom. The molecular weight excluding hydrogens is 357 g/mol. The Kier molecular flexibility index (Phi) is 4.53. The number of nitrogen functional groups attached to an aromatic ring is 1. The Labute approximate surface area is 137 Å². The maximum Gasteiger partial charge on any atom is 0.265 e. The van der Waals surface area contributed by atoms with Gasteiger partial charge in [-0.3, -0.25) is 4.72 Å². The van der Waals surface area contributed by atoms with Gasteiger partial charge >= 0.3 is 0 Å². The Morgan fingerprint density at radius 2 is 1.90 bits per heavy atom. The van der Waals surface area contributed by atoms with Gasteiger partial charge in [-0.2, -0.15) is 0 Å². The topological polar surface area (TPSA) is 85.1 Å². The van der Waals surface area contributed by atoms with Crippen LogP contribution in [0.3, 0.4) is 0 Å². The molecule has 0 amide bonds. The third-order valence-corrected chi connectivity index (χ3v) is 5.04. The summed E-state index contributed by atoms with van der Waals surface area (Å²) >= 11 is 17.6. The number of nitrogens with zero attached hydrogens (tertiary/aromatic N) is 1. The van der Waals surface area contributed by atoms with Gasteiger partial charge in [0.05, 0.1) is 16.4 Å². The van der Waals surface area contributed by atoms with Crippen LogP contribution in [0.25, 0.3) is 0 Å². The Hall–Kier alpha value is -1.21. The molecule has 1 aromatic carbocycles. The number of benzene rings is 1. The van der Waals surface area contributed by atoms with Crippen LogP contribution < -0.4 is 10.5 Å². The summed E-state index contributed by atoms with van der Waals surface area (Å²) in [7, 11) is -4.03. The van der Waals surface area contributed by atoms with E-state index in [0.717, 1.165) is 0 Å². The van der Waals surface area contributed by atoms with E-state index in [1.54, 1.807) is 13.0 Å². The first-order chi connectivity index (χ1) is 9.72. The molecule has 0 bridgehead atoms. The second-order valence-electron chi connectivity index (χ2n) is 4.21. The molecule has 0 aliphatic heterocycles. The molecule has 2 rings (SSSR count). The number of anilines is 2. The molecule has 0 aliphatic rings.